The zero-order chi connectivity index (χ0) is 18.8. The summed E-state index contributed by atoms with van der Waals surface area (Å²) in [5.74, 6) is -0.0799. The van der Waals surface area contributed by atoms with E-state index in [0.717, 1.165) is 5.69 Å². The van der Waals surface area contributed by atoms with Crippen LogP contribution in [0, 0.1) is 0 Å². The highest BCUT2D eigenvalue weighted by Gasteiger charge is 2.28. The maximum absolute atomic E-state index is 13.0. The van der Waals surface area contributed by atoms with Gasteiger partial charge in [0.15, 0.2) is 5.78 Å². The molecular weight excluding hydrogens is 344 g/mol. The first-order valence-electron chi connectivity index (χ1n) is 8.31. The molecule has 2 aromatic carbocycles. The Kier molecular flexibility index (Phi) is 4.18. The minimum absolute atomic E-state index is 0.117. The maximum atomic E-state index is 13.0. The summed E-state index contributed by atoms with van der Waals surface area (Å²) < 4.78 is 1.84. The van der Waals surface area contributed by atoms with Crippen molar-refractivity contribution in [2.45, 2.75) is 6.04 Å². The Morgan fingerprint density at radius 3 is 2.48 bits per heavy atom. The number of hydrogen-bond acceptors (Lipinski definition) is 4. The van der Waals surface area contributed by atoms with Crippen molar-refractivity contribution in [2.24, 2.45) is 0 Å². The predicted molar refractivity (Wildman–Crippen MR) is 98.5 cm³/mol. The predicted octanol–water partition coefficient (Wildman–Crippen LogP) is 2.70. The number of hydrogen-bond donors (Lipinski definition) is 3. The molecule has 4 rings (SSSR count). The Morgan fingerprint density at radius 2 is 1.81 bits per heavy atom. The smallest absolute Gasteiger partial charge is 0.319 e. The molecule has 0 fully saturated rings. The van der Waals surface area contributed by atoms with Gasteiger partial charge in [-0.2, -0.15) is 0 Å². The number of nitrogens with one attached hydrogen (secondary N) is 2. The van der Waals surface area contributed by atoms with Gasteiger partial charge in [-0.1, -0.05) is 12.1 Å². The third-order valence-electron chi connectivity index (χ3n) is 4.37. The van der Waals surface area contributed by atoms with Crippen molar-refractivity contribution in [1.82, 2.24) is 20.2 Å². The first kappa shape index (κ1) is 16.6. The van der Waals surface area contributed by atoms with Crippen LogP contribution in [0.15, 0.2) is 79.0 Å². The molecule has 2 heterocycles. The average molecular weight is 360 g/mol. The fourth-order valence-electron chi connectivity index (χ4n) is 2.97. The van der Waals surface area contributed by atoms with Crippen molar-refractivity contribution in [3.63, 3.8) is 0 Å². The summed E-state index contributed by atoms with van der Waals surface area (Å²) in [6, 6.07) is 12.5. The number of phenols is 1. The molecule has 0 radical (unpaired) electrons. The quantitative estimate of drug-likeness (QED) is 0.623. The highest BCUT2D eigenvalue weighted by molar-refractivity contribution is 6.10. The van der Waals surface area contributed by atoms with Gasteiger partial charge in [0.2, 0.25) is 0 Å². The summed E-state index contributed by atoms with van der Waals surface area (Å²) in [5.41, 5.74) is 2.52. The zero-order valence-corrected chi connectivity index (χ0v) is 14.2. The van der Waals surface area contributed by atoms with Crippen LogP contribution in [0.25, 0.3) is 5.69 Å². The Hall–Kier alpha value is -3.87. The van der Waals surface area contributed by atoms with Crippen LogP contribution in [0.2, 0.25) is 0 Å². The first-order chi connectivity index (χ1) is 13.1. The SMILES string of the molecule is O=C1NC=C(C(=O)c2ccc(-n3ccnc3)cc2)C(c2ccc(O)cc2)N1. The van der Waals surface area contributed by atoms with Crippen molar-refractivity contribution in [2.75, 3.05) is 0 Å². The molecule has 134 valence electrons. The molecule has 0 bridgehead atoms. The lowest BCUT2D eigenvalue weighted by Gasteiger charge is -2.25. The largest absolute Gasteiger partial charge is 0.508 e. The number of Topliss-reactive ketones (excluding diaryl/α,β-unsaturated/α-hetero) is 1. The lowest BCUT2D eigenvalue weighted by molar-refractivity contribution is 0.102. The van der Waals surface area contributed by atoms with Gasteiger partial charge in [0.1, 0.15) is 5.75 Å². The van der Waals surface area contributed by atoms with Gasteiger partial charge < -0.3 is 20.3 Å². The van der Waals surface area contributed by atoms with E-state index in [1.807, 2.05) is 22.9 Å². The van der Waals surface area contributed by atoms with Gasteiger partial charge in [-0.15, -0.1) is 0 Å². The summed E-state index contributed by atoms with van der Waals surface area (Å²) in [5, 5.41) is 14.8. The average Bonchev–Trinajstić information content (AvgIpc) is 3.23. The topological polar surface area (TPSA) is 96.2 Å². The van der Waals surface area contributed by atoms with Crippen LogP contribution in [-0.2, 0) is 0 Å². The summed E-state index contributed by atoms with van der Waals surface area (Å²) >= 11 is 0. The molecule has 0 aliphatic carbocycles. The van der Waals surface area contributed by atoms with Crippen LogP contribution in [0.3, 0.4) is 0 Å². The van der Waals surface area contributed by atoms with E-state index < -0.39 is 6.04 Å². The van der Waals surface area contributed by atoms with Crippen LogP contribution in [-0.4, -0.2) is 26.5 Å². The second-order valence-electron chi connectivity index (χ2n) is 6.09. The van der Waals surface area contributed by atoms with E-state index >= 15 is 0 Å². The number of amides is 2. The summed E-state index contributed by atoms with van der Waals surface area (Å²) in [4.78, 5) is 28.8. The number of carbonyl (C=O) groups is 2. The van der Waals surface area contributed by atoms with Crippen LogP contribution in [0.5, 0.6) is 5.75 Å². The first-order valence-corrected chi connectivity index (χ1v) is 8.31. The minimum atomic E-state index is -0.597. The Labute approximate surface area is 155 Å². The number of benzene rings is 2. The van der Waals surface area contributed by atoms with Crippen molar-refractivity contribution in [1.29, 1.82) is 0 Å². The maximum Gasteiger partial charge on any atom is 0.319 e. The lowest BCUT2D eigenvalue weighted by atomic mass is 9.92. The summed E-state index contributed by atoms with van der Waals surface area (Å²) in [6.07, 6.45) is 6.62. The van der Waals surface area contributed by atoms with Crippen molar-refractivity contribution in [3.8, 4) is 11.4 Å². The third kappa shape index (κ3) is 3.30. The van der Waals surface area contributed by atoms with Crippen LogP contribution in [0.1, 0.15) is 22.0 Å². The van der Waals surface area contributed by atoms with Gasteiger partial charge in [0, 0.05) is 35.4 Å². The van der Waals surface area contributed by atoms with E-state index in [9.17, 15) is 14.7 Å². The number of carbonyl (C=O) groups excluding carboxylic acids is 2. The number of ketones is 1. The van der Waals surface area contributed by atoms with E-state index in [2.05, 4.69) is 15.6 Å². The molecule has 0 spiro atoms. The van der Waals surface area contributed by atoms with E-state index in [-0.39, 0.29) is 17.6 Å². The molecule has 7 heteroatoms. The van der Waals surface area contributed by atoms with Crippen molar-refractivity contribution >= 4 is 11.8 Å². The van der Waals surface area contributed by atoms with Gasteiger partial charge in [-0.25, -0.2) is 9.78 Å². The molecule has 0 saturated carbocycles. The van der Waals surface area contributed by atoms with E-state index in [1.165, 1.54) is 18.3 Å². The molecule has 1 aromatic heterocycles. The lowest BCUT2D eigenvalue weighted by Crippen LogP contribution is -2.42. The van der Waals surface area contributed by atoms with E-state index in [4.69, 9.17) is 0 Å². The number of phenolic OH excluding ortho intramolecular Hbond substituents is 1. The zero-order valence-electron chi connectivity index (χ0n) is 14.2. The molecule has 1 aliphatic rings. The van der Waals surface area contributed by atoms with E-state index in [0.29, 0.717) is 16.7 Å². The van der Waals surface area contributed by atoms with Gasteiger partial charge >= 0.3 is 6.03 Å². The molecule has 7 nitrogen and oxygen atoms in total. The number of imidazole rings is 1. The molecule has 1 unspecified atom stereocenters. The molecule has 3 aromatic rings. The second kappa shape index (κ2) is 6.80. The standard InChI is InChI=1S/C20H16N4O3/c25-16-7-3-13(4-8-16)18-17(11-22-20(27)23-18)19(26)14-1-5-15(6-2-14)24-10-9-21-12-24/h1-12,18,25H,(H2,22,23,27). The summed E-state index contributed by atoms with van der Waals surface area (Å²) in [6.45, 7) is 0. The number of rotatable bonds is 4. The summed E-state index contributed by atoms with van der Waals surface area (Å²) in [7, 11) is 0. The fourth-order valence-corrected chi connectivity index (χ4v) is 2.97. The van der Waals surface area contributed by atoms with Crippen LogP contribution < -0.4 is 10.6 Å². The monoisotopic (exact) mass is 360 g/mol. The number of nitrogens with zero attached hydrogens (tertiary/aromatic N) is 2. The van der Waals surface area contributed by atoms with Crippen molar-refractivity contribution < 1.29 is 14.7 Å². The number of aromatic nitrogens is 2. The van der Waals surface area contributed by atoms with Gasteiger partial charge in [0.05, 0.1) is 12.4 Å². The normalized spacial score (nSPS) is 16.2. The molecule has 2 amide bonds. The minimum Gasteiger partial charge on any atom is -0.508 e. The molecular formula is C20H16N4O3. The van der Waals surface area contributed by atoms with E-state index in [1.54, 1.807) is 36.8 Å². The fraction of sp³-hybridized carbons (Fsp3) is 0.0500. The van der Waals surface area contributed by atoms with Gasteiger partial charge in [-0.05, 0) is 42.0 Å². The molecule has 27 heavy (non-hydrogen) atoms. The second-order valence-corrected chi connectivity index (χ2v) is 6.09. The molecule has 1 aliphatic heterocycles. The third-order valence-corrected chi connectivity index (χ3v) is 4.37. The van der Waals surface area contributed by atoms with Gasteiger partial charge in [0.25, 0.3) is 0 Å². The Morgan fingerprint density at radius 1 is 1.07 bits per heavy atom. The molecule has 0 saturated heterocycles. The Balaban J connectivity index is 1.64. The highest BCUT2D eigenvalue weighted by Crippen LogP contribution is 2.28. The molecule has 3 N–H and O–H groups in total. The van der Waals surface area contributed by atoms with Crippen molar-refractivity contribution in [3.05, 3.63) is 90.2 Å². The number of urea groups is 1. The van der Waals surface area contributed by atoms with Crippen LogP contribution in [0.4, 0.5) is 4.79 Å². The highest BCUT2D eigenvalue weighted by atomic mass is 16.3. The number of aromatic hydroxyl groups is 1. The van der Waals surface area contributed by atoms with Gasteiger partial charge in [-0.3, -0.25) is 4.79 Å². The van der Waals surface area contributed by atoms with Crippen LogP contribution >= 0.6 is 0 Å². The molecule has 1 atom stereocenters. The Bertz CT molecular complexity index is 1010.